The van der Waals surface area contributed by atoms with Crippen molar-refractivity contribution in [2.45, 2.75) is 32.7 Å². The second kappa shape index (κ2) is 6.42. The van der Waals surface area contributed by atoms with Gasteiger partial charge in [0.2, 0.25) is 5.91 Å². The van der Waals surface area contributed by atoms with Crippen molar-refractivity contribution in [1.29, 1.82) is 5.26 Å². The average molecular weight is 278 g/mol. The van der Waals surface area contributed by atoms with Gasteiger partial charge in [0.1, 0.15) is 6.54 Å². The minimum atomic E-state index is -0.274. The molecule has 0 spiro atoms. The summed E-state index contributed by atoms with van der Waals surface area (Å²) in [7, 11) is 1.60. The number of hydrogen-bond donors (Lipinski definition) is 1. The van der Waals surface area contributed by atoms with E-state index in [0.717, 1.165) is 0 Å². The van der Waals surface area contributed by atoms with Crippen LogP contribution >= 0.6 is 0 Å². The zero-order chi connectivity index (χ0) is 15.3. The highest BCUT2D eigenvalue weighted by atomic mass is 16.2. The van der Waals surface area contributed by atoms with Gasteiger partial charge in [-0.2, -0.15) is 5.26 Å². The Morgan fingerprint density at radius 1 is 1.50 bits per heavy atom. The van der Waals surface area contributed by atoms with Crippen LogP contribution in [0.5, 0.6) is 0 Å². The number of amides is 3. The number of likely N-dealkylation sites (N-methyl/N-ethyl adjacent to an activating group) is 1. The third-order valence-corrected chi connectivity index (χ3v) is 2.91. The molecule has 0 aromatic carbocycles. The van der Waals surface area contributed by atoms with Crippen molar-refractivity contribution in [3.05, 3.63) is 11.6 Å². The van der Waals surface area contributed by atoms with Gasteiger partial charge in [-0.15, -0.1) is 0 Å². The molecule has 0 aromatic rings. The van der Waals surface area contributed by atoms with Crippen LogP contribution in [0.2, 0.25) is 0 Å². The number of carbonyl (C=O) groups excluding carboxylic acids is 2. The first kappa shape index (κ1) is 16.0. The Bertz CT molecular complexity index is 457. The molecule has 1 heterocycles. The summed E-state index contributed by atoms with van der Waals surface area (Å²) in [6.07, 6.45) is 2.29. The van der Waals surface area contributed by atoms with Crippen LogP contribution in [-0.2, 0) is 4.79 Å². The van der Waals surface area contributed by atoms with E-state index in [2.05, 4.69) is 5.32 Å². The third-order valence-electron chi connectivity index (χ3n) is 2.91. The minimum Gasteiger partial charge on any atom is -0.333 e. The summed E-state index contributed by atoms with van der Waals surface area (Å²) in [6, 6.07) is 1.82. The zero-order valence-electron chi connectivity index (χ0n) is 12.6. The van der Waals surface area contributed by atoms with Crippen molar-refractivity contribution in [3.8, 4) is 6.07 Å². The maximum atomic E-state index is 12.0. The Kier molecular flexibility index (Phi) is 5.14. The molecule has 1 aliphatic rings. The standard InChI is InChI=1S/C14H22N4O2/c1-14(2,3)16-13(20)18-8-5-11(6-9-18)12(19)17(4)10-7-15/h5H,6,8-10H2,1-4H3,(H,16,20). The van der Waals surface area contributed by atoms with Crippen molar-refractivity contribution in [3.63, 3.8) is 0 Å². The molecule has 0 saturated carbocycles. The predicted molar refractivity (Wildman–Crippen MR) is 75.8 cm³/mol. The number of nitriles is 1. The Balaban J connectivity index is 2.59. The number of carbonyl (C=O) groups is 2. The van der Waals surface area contributed by atoms with Gasteiger partial charge < -0.3 is 15.1 Å². The number of nitrogens with one attached hydrogen (secondary N) is 1. The summed E-state index contributed by atoms with van der Waals surface area (Å²) in [5.41, 5.74) is 0.395. The molecule has 0 aliphatic carbocycles. The van der Waals surface area contributed by atoms with Crippen LogP contribution in [0, 0.1) is 11.3 Å². The Hall–Kier alpha value is -2.03. The second-order valence-corrected chi connectivity index (χ2v) is 5.92. The summed E-state index contributed by atoms with van der Waals surface area (Å²) in [4.78, 5) is 27.0. The van der Waals surface area contributed by atoms with Gasteiger partial charge in [-0.25, -0.2) is 4.79 Å². The molecular formula is C14H22N4O2. The summed E-state index contributed by atoms with van der Waals surface area (Å²) in [5, 5.41) is 11.5. The van der Waals surface area contributed by atoms with Gasteiger partial charge in [-0.05, 0) is 27.2 Å². The molecule has 0 radical (unpaired) electrons. The van der Waals surface area contributed by atoms with Crippen molar-refractivity contribution in [2.24, 2.45) is 0 Å². The van der Waals surface area contributed by atoms with Crippen molar-refractivity contribution in [2.75, 3.05) is 26.7 Å². The number of hydrogen-bond acceptors (Lipinski definition) is 3. The molecule has 0 bridgehead atoms. The molecule has 1 N–H and O–H groups in total. The van der Waals surface area contributed by atoms with Crippen LogP contribution in [-0.4, -0.2) is 54.0 Å². The van der Waals surface area contributed by atoms with Crippen LogP contribution in [0.4, 0.5) is 4.79 Å². The van der Waals surface area contributed by atoms with E-state index in [0.29, 0.717) is 25.1 Å². The van der Waals surface area contributed by atoms with Crippen molar-refractivity contribution < 1.29 is 9.59 Å². The van der Waals surface area contributed by atoms with Gasteiger partial charge in [-0.3, -0.25) is 4.79 Å². The lowest BCUT2D eigenvalue weighted by atomic mass is 10.1. The molecule has 0 aromatic heterocycles. The van der Waals surface area contributed by atoms with E-state index in [1.807, 2.05) is 26.8 Å². The quantitative estimate of drug-likeness (QED) is 0.769. The van der Waals surface area contributed by atoms with Gasteiger partial charge in [0.15, 0.2) is 0 Å². The Morgan fingerprint density at radius 2 is 2.15 bits per heavy atom. The van der Waals surface area contributed by atoms with Crippen LogP contribution in [0.25, 0.3) is 0 Å². The van der Waals surface area contributed by atoms with Gasteiger partial charge in [0.05, 0.1) is 6.07 Å². The molecule has 1 aliphatic heterocycles. The van der Waals surface area contributed by atoms with Crippen molar-refractivity contribution in [1.82, 2.24) is 15.1 Å². The van der Waals surface area contributed by atoms with Crippen molar-refractivity contribution >= 4 is 11.9 Å². The number of urea groups is 1. The van der Waals surface area contributed by atoms with E-state index in [4.69, 9.17) is 5.26 Å². The fraction of sp³-hybridized carbons (Fsp3) is 0.643. The lowest BCUT2D eigenvalue weighted by molar-refractivity contribution is -0.125. The molecule has 6 nitrogen and oxygen atoms in total. The first-order chi connectivity index (χ1) is 9.24. The van der Waals surface area contributed by atoms with E-state index >= 15 is 0 Å². The SMILES string of the molecule is CN(CC#N)C(=O)C1=CCN(C(=O)NC(C)(C)C)CC1. The zero-order valence-corrected chi connectivity index (χ0v) is 12.6. The topological polar surface area (TPSA) is 76.4 Å². The van der Waals surface area contributed by atoms with Crippen LogP contribution in [0.15, 0.2) is 11.6 Å². The molecule has 110 valence electrons. The van der Waals surface area contributed by atoms with Crippen LogP contribution in [0.1, 0.15) is 27.2 Å². The molecule has 0 fully saturated rings. The lowest BCUT2D eigenvalue weighted by Crippen LogP contribution is -2.50. The lowest BCUT2D eigenvalue weighted by Gasteiger charge is -2.30. The molecule has 3 amide bonds. The number of nitrogens with zero attached hydrogens (tertiary/aromatic N) is 3. The van der Waals surface area contributed by atoms with Gasteiger partial charge in [0.25, 0.3) is 0 Å². The normalized spacial score (nSPS) is 15.2. The molecule has 1 rings (SSSR count). The first-order valence-electron chi connectivity index (χ1n) is 6.63. The van der Waals surface area contributed by atoms with E-state index in [9.17, 15) is 9.59 Å². The summed E-state index contributed by atoms with van der Waals surface area (Å²) >= 11 is 0. The summed E-state index contributed by atoms with van der Waals surface area (Å²) < 4.78 is 0. The molecule has 20 heavy (non-hydrogen) atoms. The highest BCUT2D eigenvalue weighted by Crippen LogP contribution is 2.14. The molecule has 6 heteroatoms. The summed E-state index contributed by atoms with van der Waals surface area (Å²) in [5.74, 6) is -0.137. The van der Waals surface area contributed by atoms with Crippen LogP contribution in [0.3, 0.4) is 0 Å². The largest absolute Gasteiger partial charge is 0.333 e. The molecule has 0 saturated heterocycles. The van der Waals surface area contributed by atoms with Crippen LogP contribution < -0.4 is 5.32 Å². The molecule has 0 unspecified atom stereocenters. The summed E-state index contributed by atoms with van der Waals surface area (Å²) in [6.45, 7) is 6.79. The monoisotopic (exact) mass is 278 g/mol. The van der Waals surface area contributed by atoms with Gasteiger partial charge >= 0.3 is 6.03 Å². The maximum absolute atomic E-state index is 12.0. The Labute approximate surface area is 120 Å². The van der Waals surface area contributed by atoms with E-state index in [1.165, 1.54) is 4.90 Å². The van der Waals surface area contributed by atoms with Gasteiger partial charge in [-0.1, -0.05) is 6.08 Å². The predicted octanol–water partition coefficient (Wildman–Crippen LogP) is 1.11. The smallest absolute Gasteiger partial charge is 0.318 e. The highest BCUT2D eigenvalue weighted by Gasteiger charge is 2.24. The number of rotatable bonds is 2. The molecular weight excluding hydrogens is 256 g/mol. The fourth-order valence-electron chi connectivity index (χ4n) is 1.87. The Morgan fingerprint density at radius 3 is 2.60 bits per heavy atom. The maximum Gasteiger partial charge on any atom is 0.318 e. The molecule has 0 atom stereocenters. The first-order valence-corrected chi connectivity index (χ1v) is 6.63. The fourth-order valence-corrected chi connectivity index (χ4v) is 1.87. The van der Waals surface area contributed by atoms with E-state index in [1.54, 1.807) is 18.0 Å². The minimum absolute atomic E-state index is 0.0738. The third kappa shape index (κ3) is 4.57. The highest BCUT2D eigenvalue weighted by molar-refractivity contribution is 5.93. The second-order valence-electron chi connectivity index (χ2n) is 5.92. The van der Waals surface area contributed by atoms with E-state index in [-0.39, 0.29) is 24.0 Å². The van der Waals surface area contributed by atoms with Gasteiger partial charge in [0, 0.05) is 31.2 Å². The van der Waals surface area contributed by atoms with E-state index < -0.39 is 0 Å². The average Bonchev–Trinajstić information content (AvgIpc) is 2.36.